The van der Waals surface area contributed by atoms with Gasteiger partial charge in [0.1, 0.15) is 11.6 Å². The Bertz CT molecular complexity index is 863. The maximum Gasteiger partial charge on any atom is 0.303 e. The highest BCUT2D eigenvalue weighted by atomic mass is 16.4. The summed E-state index contributed by atoms with van der Waals surface area (Å²) in [6.45, 7) is 0.201. The van der Waals surface area contributed by atoms with Crippen LogP contribution >= 0.6 is 0 Å². The van der Waals surface area contributed by atoms with Crippen molar-refractivity contribution in [2.75, 3.05) is 11.4 Å². The molecule has 2 rings (SSSR count). The molecule has 0 saturated heterocycles. The lowest BCUT2D eigenvalue weighted by Gasteiger charge is -2.21. The maximum absolute atomic E-state index is 12.4. The van der Waals surface area contributed by atoms with E-state index in [0.29, 0.717) is 16.8 Å². The molecule has 2 aromatic carbocycles. The molecule has 0 heterocycles. The van der Waals surface area contributed by atoms with E-state index < -0.39 is 5.97 Å². The lowest BCUT2D eigenvalue weighted by molar-refractivity contribution is -0.138. The van der Waals surface area contributed by atoms with E-state index in [1.165, 1.54) is 11.0 Å². The standard InChI is InChI=1S/C20H21N3O4/c21-20(22)15-8-9-17(24)14(13-15)5-4-12-23(16-6-2-1-3-7-16)18(25)10-11-19(26)27/h1-9,13,24H,10-12H2,(H3,21,22)(H,26,27)/b5-4+. The van der Waals surface area contributed by atoms with Crippen LogP contribution in [0.1, 0.15) is 24.0 Å². The molecule has 27 heavy (non-hydrogen) atoms. The van der Waals surface area contributed by atoms with Crippen molar-refractivity contribution < 1.29 is 19.8 Å². The number of nitrogens with one attached hydrogen (secondary N) is 1. The summed E-state index contributed by atoms with van der Waals surface area (Å²) >= 11 is 0. The van der Waals surface area contributed by atoms with Gasteiger partial charge in [0.2, 0.25) is 5.91 Å². The van der Waals surface area contributed by atoms with Crippen LogP contribution in [-0.2, 0) is 9.59 Å². The van der Waals surface area contributed by atoms with Gasteiger partial charge in [-0.25, -0.2) is 0 Å². The van der Waals surface area contributed by atoms with Crippen LogP contribution in [0.25, 0.3) is 6.08 Å². The molecule has 140 valence electrons. The van der Waals surface area contributed by atoms with Crippen LogP contribution in [-0.4, -0.2) is 34.5 Å². The number of aromatic hydroxyl groups is 1. The number of rotatable bonds is 8. The zero-order chi connectivity index (χ0) is 19.8. The number of para-hydroxylation sites is 1. The summed E-state index contributed by atoms with van der Waals surface area (Å²) in [5.74, 6) is -1.42. The Balaban J connectivity index is 2.19. The first-order valence-electron chi connectivity index (χ1n) is 8.29. The molecule has 0 radical (unpaired) electrons. The van der Waals surface area contributed by atoms with E-state index in [0.717, 1.165) is 0 Å². The maximum atomic E-state index is 12.4. The van der Waals surface area contributed by atoms with E-state index in [4.69, 9.17) is 16.2 Å². The number of phenolic OH excluding ortho intramolecular Hbond substituents is 1. The first kappa shape index (κ1) is 19.7. The summed E-state index contributed by atoms with van der Waals surface area (Å²) < 4.78 is 0. The Kier molecular flexibility index (Phi) is 6.71. The number of phenols is 1. The smallest absolute Gasteiger partial charge is 0.303 e. The van der Waals surface area contributed by atoms with Crippen LogP contribution in [0.15, 0.2) is 54.6 Å². The van der Waals surface area contributed by atoms with Crippen molar-refractivity contribution in [3.05, 3.63) is 65.7 Å². The molecule has 0 atom stereocenters. The average Bonchev–Trinajstić information content (AvgIpc) is 2.65. The zero-order valence-electron chi connectivity index (χ0n) is 14.6. The highest BCUT2D eigenvalue weighted by Gasteiger charge is 2.15. The number of carbonyl (C=O) groups is 2. The number of nitrogen functional groups attached to an aromatic ring is 1. The van der Waals surface area contributed by atoms with Crippen molar-refractivity contribution >= 4 is 29.5 Å². The number of carbonyl (C=O) groups excluding carboxylic acids is 1. The summed E-state index contributed by atoms with van der Waals surface area (Å²) in [7, 11) is 0. The normalized spacial score (nSPS) is 10.7. The van der Waals surface area contributed by atoms with Gasteiger partial charge in [-0.3, -0.25) is 15.0 Å². The van der Waals surface area contributed by atoms with E-state index in [-0.39, 0.29) is 36.9 Å². The van der Waals surface area contributed by atoms with Gasteiger partial charge in [-0.15, -0.1) is 0 Å². The van der Waals surface area contributed by atoms with Crippen molar-refractivity contribution in [3.8, 4) is 5.75 Å². The number of carboxylic acid groups (broad SMARTS) is 1. The van der Waals surface area contributed by atoms with Gasteiger partial charge >= 0.3 is 5.97 Å². The van der Waals surface area contributed by atoms with E-state index >= 15 is 0 Å². The Labute approximate surface area is 156 Å². The molecule has 0 saturated carbocycles. The molecular weight excluding hydrogens is 346 g/mol. The van der Waals surface area contributed by atoms with Gasteiger partial charge in [0.25, 0.3) is 0 Å². The van der Waals surface area contributed by atoms with E-state index in [2.05, 4.69) is 0 Å². The fourth-order valence-electron chi connectivity index (χ4n) is 2.45. The Hall–Kier alpha value is -3.61. The second kappa shape index (κ2) is 9.19. The molecule has 7 nitrogen and oxygen atoms in total. The number of anilines is 1. The molecule has 5 N–H and O–H groups in total. The largest absolute Gasteiger partial charge is 0.507 e. The van der Waals surface area contributed by atoms with Gasteiger partial charge in [0.15, 0.2) is 0 Å². The summed E-state index contributed by atoms with van der Waals surface area (Å²) in [6, 6.07) is 13.5. The minimum atomic E-state index is -1.03. The van der Waals surface area contributed by atoms with Crippen molar-refractivity contribution in [1.82, 2.24) is 0 Å². The van der Waals surface area contributed by atoms with Crippen LogP contribution in [0, 0.1) is 5.41 Å². The number of amides is 1. The monoisotopic (exact) mass is 367 g/mol. The molecule has 0 aliphatic heterocycles. The number of aliphatic carboxylic acids is 1. The third kappa shape index (κ3) is 5.71. The lowest BCUT2D eigenvalue weighted by atomic mass is 10.1. The van der Waals surface area contributed by atoms with Crippen LogP contribution in [0.2, 0.25) is 0 Å². The quantitative estimate of drug-likeness (QED) is 0.421. The third-order valence-corrected chi connectivity index (χ3v) is 3.85. The molecule has 0 aromatic heterocycles. The van der Waals surface area contributed by atoms with Gasteiger partial charge in [-0.1, -0.05) is 30.4 Å². The van der Waals surface area contributed by atoms with Gasteiger partial charge in [0.05, 0.1) is 6.42 Å². The Morgan fingerprint density at radius 1 is 1.11 bits per heavy atom. The molecule has 0 spiro atoms. The predicted molar refractivity (Wildman–Crippen MR) is 104 cm³/mol. The highest BCUT2D eigenvalue weighted by Crippen LogP contribution is 2.21. The van der Waals surface area contributed by atoms with Gasteiger partial charge in [-0.05, 0) is 30.3 Å². The first-order valence-corrected chi connectivity index (χ1v) is 8.29. The molecule has 0 aliphatic rings. The molecule has 0 bridgehead atoms. The summed E-state index contributed by atoms with van der Waals surface area (Å²) in [6.07, 6.45) is 2.96. The van der Waals surface area contributed by atoms with Crippen LogP contribution in [0.3, 0.4) is 0 Å². The molecule has 7 heteroatoms. The second-order valence-corrected chi connectivity index (χ2v) is 5.82. The predicted octanol–water partition coefficient (Wildman–Crippen LogP) is 2.59. The van der Waals surface area contributed by atoms with Crippen molar-refractivity contribution in [2.45, 2.75) is 12.8 Å². The number of benzene rings is 2. The van der Waals surface area contributed by atoms with Gasteiger partial charge in [0, 0.05) is 29.8 Å². The summed E-state index contributed by atoms with van der Waals surface area (Å²) in [5.41, 5.74) is 7.06. The van der Waals surface area contributed by atoms with Gasteiger partial charge in [-0.2, -0.15) is 0 Å². The summed E-state index contributed by atoms with van der Waals surface area (Å²) in [5, 5.41) is 26.2. The molecule has 1 amide bonds. The summed E-state index contributed by atoms with van der Waals surface area (Å²) in [4.78, 5) is 24.7. The number of nitrogens with two attached hydrogens (primary N) is 1. The molecule has 2 aromatic rings. The number of nitrogens with zero attached hydrogens (tertiary/aromatic N) is 1. The van der Waals surface area contributed by atoms with E-state index in [1.807, 2.05) is 6.07 Å². The van der Waals surface area contributed by atoms with Crippen molar-refractivity contribution in [3.63, 3.8) is 0 Å². The molecular formula is C20H21N3O4. The Morgan fingerprint density at radius 3 is 2.44 bits per heavy atom. The highest BCUT2D eigenvalue weighted by molar-refractivity contribution is 5.96. The topological polar surface area (TPSA) is 128 Å². The van der Waals surface area contributed by atoms with Crippen LogP contribution in [0.4, 0.5) is 5.69 Å². The van der Waals surface area contributed by atoms with E-state index in [1.54, 1.807) is 48.6 Å². The lowest BCUT2D eigenvalue weighted by Crippen LogP contribution is -2.31. The fourth-order valence-corrected chi connectivity index (χ4v) is 2.45. The van der Waals surface area contributed by atoms with Crippen molar-refractivity contribution in [2.24, 2.45) is 5.73 Å². The first-order chi connectivity index (χ1) is 12.9. The fraction of sp³-hybridized carbons (Fsp3) is 0.150. The molecule has 0 aliphatic carbocycles. The van der Waals surface area contributed by atoms with Crippen LogP contribution in [0.5, 0.6) is 5.75 Å². The number of hydrogen-bond acceptors (Lipinski definition) is 4. The number of carboxylic acids is 1. The zero-order valence-corrected chi connectivity index (χ0v) is 14.6. The molecule has 0 fully saturated rings. The number of hydrogen-bond donors (Lipinski definition) is 4. The van der Waals surface area contributed by atoms with Gasteiger partial charge < -0.3 is 20.8 Å². The number of amidine groups is 1. The molecule has 0 unspecified atom stereocenters. The minimum Gasteiger partial charge on any atom is -0.507 e. The van der Waals surface area contributed by atoms with Crippen LogP contribution < -0.4 is 10.6 Å². The second-order valence-electron chi connectivity index (χ2n) is 5.82. The van der Waals surface area contributed by atoms with Crippen molar-refractivity contribution in [1.29, 1.82) is 5.41 Å². The minimum absolute atomic E-state index is 0.0275. The Morgan fingerprint density at radius 2 is 1.81 bits per heavy atom. The third-order valence-electron chi connectivity index (χ3n) is 3.85. The van der Waals surface area contributed by atoms with E-state index in [9.17, 15) is 14.7 Å². The SMILES string of the molecule is N=C(N)c1ccc(O)c(/C=C/CN(C(=O)CCC(=O)O)c2ccccc2)c1. The average molecular weight is 367 g/mol.